The Hall–Kier alpha value is -0.860. The maximum absolute atomic E-state index is 10.3. The lowest BCUT2D eigenvalue weighted by atomic mass is 9.86. The van der Waals surface area contributed by atoms with Gasteiger partial charge in [-0.2, -0.15) is 0 Å². The Labute approximate surface area is 117 Å². The fourth-order valence-corrected chi connectivity index (χ4v) is 2.97. The standard InChI is InChI=1S/C17H27NO/c1-12-8-9-15(10-14(12)3)17(19)11-18-16-7-5-4-6-13(16)2/h8-10,13,16-19H,4-7,11H2,1-3H3. The van der Waals surface area contributed by atoms with Gasteiger partial charge in [0.2, 0.25) is 0 Å². The van der Waals surface area contributed by atoms with Crippen molar-refractivity contribution < 1.29 is 5.11 Å². The topological polar surface area (TPSA) is 32.3 Å². The molecule has 106 valence electrons. The second-order valence-electron chi connectivity index (χ2n) is 6.14. The first-order chi connectivity index (χ1) is 9.08. The predicted octanol–water partition coefficient (Wildman–Crippen LogP) is 3.51. The molecule has 1 fully saturated rings. The van der Waals surface area contributed by atoms with Crippen molar-refractivity contribution in [3.05, 3.63) is 34.9 Å². The first-order valence-electron chi connectivity index (χ1n) is 7.56. The van der Waals surface area contributed by atoms with Gasteiger partial charge >= 0.3 is 0 Å². The van der Waals surface area contributed by atoms with Crippen LogP contribution in [0.15, 0.2) is 18.2 Å². The molecule has 1 aliphatic rings. The largest absolute Gasteiger partial charge is 0.387 e. The molecule has 3 atom stereocenters. The second-order valence-corrected chi connectivity index (χ2v) is 6.14. The minimum Gasteiger partial charge on any atom is -0.387 e. The van der Waals surface area contributed by atoms with Gasteiger partial charge in [0.25, 0.3) is 0 Å². The van der Waals surface area contributed by atoms with E-state index in [0.717, 1.165) is 11.5 Å². The lowest BCUT2D eigenvalue weighted by molar-refractivity contribution is 0.157. The molecule has 0 aromatic heterocycles. The van der Waals surface area contributed by atoms with Gasteiger partial charge in [-0.25, -0.2) is 0 Å². The molecule has 0 heterocycles. The maximum atomic E-state index is 10.3. The third-order valence-corrected chi connectivity index (χ3v) is 4.60. The molecular formula is C17H27NO. The van der Waals surface area contributed by atoms with Gasteiger partial charge in [-0.1, -0.05) is 38.0 Å². The molecule has 2 heteroatoms. The number of aliphatic hydroxyl groups is 1. The molecule has 1 aromatic carbocycles. The summed E-state index contributed by atoms with van der Waals surface area (Å²) in [6.07, 6.45) is 4.85. The van der Waals surface area contributed by atoms with Crippen LogP contribution in [-0.2, 0) is 0 Å². The fraction of sp³-hybridized carbons (Fsp3) is 0.647. The van der Waals surface area contributed by atoms with Crippen LogP contribution in [0.25, 0.3) is 0 Å². The lowest BCUT2D eigenvalue weighted by Gasteiger charge is -2.30. The van der Waals surface area contributed by atoms with Crippen molar-refractivity contribution in [2.45, 2.75) is 58.6 Å². The zero-order chi connectivity index (χ0) is 13.8. The highest BCUT2D eigenvalue weighted by molar-refractivity contribution is 5.31. The molecule has 2 rings (SSSR count). The Morgan fingerprint density at radius 2 is 1.95 bits per heavy atom. The number of aliphatic hydroxyl groups excluding tert-OH is 1. The van der Waals surface area contributed by atoms with Crippen LogP contribution in [0.4, 0.5) is 0 Å². The first kappa shape index (κ1) is 14.5. The van der Waals surface area contributed by atoms with E-state index in [2.05, 4.69) is 38.2 Å². The monoisotopic (exact) mass is 261 g/mol. The summed E-state index contributed by atoms with van der Waals surface area (Å²) in [6, 6.07) is 6.82. The van der Waals surface area contributed by atoms with Gasteiger partial charge in [-0.05, 0) is 49.3 Å². The van der Waals surface area contributed by atoms with Crippen LogP contribution in [0, 0.1) is 19.8 Å². The third kappa shape index (κ3) is 3.80. The number of benzene rings is 1. The molecule has 1 aromatic rings. The summed E-state index contributed by atoms with van der Waals surface area (Å²) in [5.74, 6) is 0.737. The Kier molecular flexibility index (Phi) is 5.00. The van der Waals surface area contributed by atoms with Crippen molar-refractivity contribution in [3.63, 3.8) is 0 Å². The van der Waals surface area contributed by atoms with E-state index in [1.807, 2.05) is 6.07 Å². The average molecular weight is 261 g/mol. The average Bonchev–Trinajstić information content (AvgIpc) is 2.40. The number of rotatable bonds is 4. The van der Waals surface area contributed by atoms with Gasteiger partial charge in [-0.3, -0.25) is 0 Å². The molecule has 2 nitrogen and oxygen atoms in total. The zero-order valence-corrected chi connectivity index (χ0v) is 12.4. The summed E-state index contributed by atoms with van der Waals surface area (Å²) < 4.78 is 0. The van der Waals surface area contributed by atoms with Crippen LogP contribution in [0.2, 0.25) is 0 Å². The van der Waals surface area contributed by atoms with Crippen LogP contribution in [-0.4, -0.2) is 17.7 Å². The highest BCUT2D eigenvalue weighted by Crippen LogP contribution is 2.24. The van der Waals surface area contributed by atoms with Crippen molar-refractivity contribution in [2.24, 2.45) is 5.92 Å². The SMILES string of the molecule is Cc1ccc(C(O)CNC2CCCCC2C)cc1C. The summed E-state index contributed by atoms with van der Waals surface area (Å²) >= 11 is 0. The summed E-state index contributed by atoms with van der Waals surface area (Å²) in [7, 11) is 0. The van der Waals surface area contributed by atoms with Crippen LogP contribution < -0.4 is 5.32 Å². The molecule has 0 aliphatic heterocycles. The van der Waals surface area contributed by atoms with Gasteiger partial charge in [0, 0.05) is 12.6 Å². The highest BCUT2D eigenvalue weighted by atomic mass is 16.3. The van der Waals surface area contributed by atoms with Gasteiger partial charge in [0.05, 0.1) is 6.10 Å². The van der Waals surface area contributed by atoms with Crippen LogP contribution in [0.1, 0.15) is 55.4 Å². The van der Waals surface area contributed by atoms with E-state index in [1.165, 1.54) is 36.8 Å². The fourth-order valence-electron chi connectivity index (χ4n) is 2.97. The van der Waals surface area contributed by atoms with Gasteiger partial charge in [-0.15, -0.1) is 0 Å². The maximum Gasteiger partial charge on any atom is 0.0914 e. The van der Waals surface area contributed by atoms with E-state index >= 15 is 0 Å². The van der Waals surface area contributed by atoms with Gasteiger partial charge in [0.15, 0.2) is 0 Å². The Morgan fingerprint density at radius 1 is 1.21 bits per heavy atom. The molecule has 1 saturated carbocycles. The van der Waals surface area contributed by atoms with Crippen molar-refractivity contribution in [2.75, 3.05) is 6.54 Å². The van der Waals surface area contributed by atoms with E-state index in [0.29, 0.717) is 12.6 Å². The summed E-state index contributed by atoms with van der Waals surface area (Å²) in [6.45, 7) is 7.19. The molecule has 19 heavy (non-hydrogen) atoms. The van der Waals surface area contributed by atoms with E-state index in [-0.39, 0.29) is 0 Å². The number of hydrogen-bond donors (Lipinski definition) is 2. The third-order valence-electron chi connectivity index (χ3n) is 4.60. The molecule has 0 bridgehead atoms. The van der Waals surface area contributed by atoms with Gasteiger partial charge in [0.1, 0.15) is 0 Å². The van der Waals surface area contributed by atoms with E-state index in [1.54, 1.807) is 0 Å². The number of nitrogens with one attached hydrogen (secondary N) is 1. The minimum atomic E-state index is -0.395. The van der Waals surface area contributed by atoms with Crippen LogP contribution in [0.5, 0.6) is 0 Å². The first-order valence-corrected chi connectivity index (χ1v) is 7.56. The van der Waals surface area contributed by atoms with E-state index in [9.17, 15) is 5.11 Å². The molecule has 0 amide bonds. The van der Waals surface area contributed by atoms with Crippen LogP contribution >= 0.6 is 0 Å². The predicted molar refractivity (Wildman–Crippen MR) is 80.3 cm³/mol. The number of aryl methyl sites for hydroxylation is 2. The molecule has 0 spiro atoms. The van der Waals surface area contributed by atoms with Crippen molar-refractivity contribution in [3.8, 4) is 0 Å². The van der Waals surface area contributed by atoms with E-state index in [4.69, 9.17) is 0 Å². The summed E-state index contributed by atoms with van der Waals surface area (Å²) in [5, 5.41) is 13.8. The Morgan fingerprint density at radius 3 is 2.63 bits per heavy atom. The smallest absolute Gasteiger partial charge is 0.0914 e. The summed E-state index contributed by atoms with van der Waals surface area (Å²) in [5.41, 5.74) is 3.56. The van der Waals surface area contributed by atoms with Crippen LogP contribution in [0.3, 0.4) is 0 Å². The lowest BCUT2D eigenvalue weighted by Crippen LogP contribution is -2.39. The minimum absolute atomic E-state index is 0.395. The van der Waals surface area contributed by atoms with Crippen molar-refractivity contribution in [1.29, 1.82) is 0 Å². The van der Waals surface area contributed by atoms with Gasteiger partial charge < -0.3 is 10.4 Å². The zero-order valence-electron chi connectivity index (χ0n) is 12.4. The molecule has 2 N–H and O–H groups in total. The normalized spacial score (nSPS) is 25.3. The Balaban J connectivity index is 1.89. The number of hydrogen-bond acceptors (Lipinski definition) is 2. The molecule has 1 aliphatic carbocycles. The van der Waals surface area contributed by atoms with E-state index < -0.39 is 6.10 Å². The molecule has 0 radical (unpaired) electrons. The molecule has 0 saturated heterocycles. The van der Waals surface area contributed by atoms with Crippen molar-refractivity contribution in [1.82, 2.24) is 5.32 Å². The molecule has 3 unspecified atom stereocenters. The quantitative estimate of drug-likeness (QED) is 0.869. The summed E-state index contributed by atoms with van der Waals surface area (Å²) in [4.78, 5) is 0. The second kappa shape index (κ2) is 6.53. The van der Waals surface area contributed by atoms with Crippen molar-refractivity contribution >= 4 is 0 Å². The highest BCUT2D eigenvalue weighted by Gasteiger charge is 2.21. The Bertz CT molecular complexity index is 416. The molecular weight excluding hydrogens is 234 g/mol.